The number of para-hydroxylation sites is 1. The van der Waals surface area contributed by atoms with Crippen LogP contribution in [0.15, 0.2) is 62.2 Å². The van der Waals surface area contributed by atoms with E-state index < -0.39 is 0 Å². The Labute approximate surface area is 169 Å². The zero-order chi connectivity index (χ0) is 20.7. The number of carbonyl (C=O) groups excluding carboxylic acids is 1. The predicted octanol–water partition coefficient (Wildman–Crippen LogP) is 4.40. The van der Waals surface area contributed by atoms with Crippen LogP contribution in [0.3, 0.4) is 0 Å². The largest absolute Gasteiger partial charge is 0.463 e. The predicted molar refractivity (Wildman–Crippen MR) is 107 cm³/mol. The number of furan rings is 1. The minimum atomic E-state index is -0.353. The number of nitrogens with one attached hydrogen (secondary N) is 1. The third kappa shape index (κ3) is 3.02. The number of aromatic nitrogens is 4. The smallest absolute Gasteiger partial charge is 0.259 e. The van der Waals surface area contributed by atoms with Crippen LogP contribution in [0, 0.1) is 13.8 Å². The van der Waals surface area contributed by atoms with Gasteiger partial charge < -0.3 is 18.8 Å². The summed E-state index contributed by atoms with van der Waals surface area (Å²) in [6.45, 7) is 3.46. The second kappa shape index (κ2) is 6.96. The molecule has 9 heteroatoms. The highest BCUT2D eigenvalue weighted by Crippen LogP contribution is 2.30. The van der Waals surface area contributed by atoms with Crippen LogP contribution in [0.4, 0.5) is 5.69 Å². The number of carbonyl (C=O) groups is 1. The molecule has 5 aromatic rings. The standard InChI is InChI=1S/C21H15N5O4/c1-11-18-14(10-16(17-8-5-9-28-17)24-21(18)30-25-11)20(27)23-15-7-4-3-6-13(15)19-22-12(2)29-26-19/h3-10H,1-2H3,(H,23,27). The first-order chi connectivity index (χ1) is 14.6. The Morgan fingerprint density at radius 1 is 1.00 bits per heavy atom. The summed E-state index contributed by atoms with van der Waals surface area (Å²) in [7, 11) is 0. The molecule has 148 valence electrons. The second-order valence-electron chi connectivity index (χ2n) is 6.62. The van der Waals surface area contributed by atoms with Crippen LogP contribution < -0.4 is 5.32 Å². The number of hydrogen-bond acceptors (Lipinski definition) is 8. The minimum absolute atomic E-state index is 0.258. The van der Waals surface area contributed by atoms with Crippen LogP contribution in [-0.2, 0) is 0 Å². The van der Waals surface area contributed by atoms with Crippen molar-refractivity contribution in [2.75, 3.05) is 5.32 Å². The lowest BCUT2D eigenvalue weighted by Gasteiger charge is -2.10. The van der Waals surface area contributed by atoms with Gasteiger partial charge in [-0.2, -0.15) is 4.98 Å². The average molecular weight is 401 g/mol. The number of rotatable bonds is 4. The van der Waals surface area contributed by atoms with E-state index in [1.165, 1.54) is 6.26 Å². The molecule has 0 aliphatic rings. The van der Waals surface area contributed by atoms with Crippen LogP contribution in [0.2, 0.25) is 0 Å². The van der Waals surface area contributed by atoms with Crippen molar-refractivity contribution >= 4 is 22.7 Å². The van der Waals surface area contributed by atoms with Crippen molar-refractivity contribution in [3.63, 3.8) is 0 Å². The molecule has 0 saturated carbocycles. The fourth-order valence-electron chi connectivity index (χ4n) is 3.21. The molecule has 0 aliphatic carbocycles. The first-order valence-electron chi connectivity index (χ1n) is 9.12. The Morgan fingerprint density at radius 2 is 1.87 bits per heavy atom. The van der Waals surface area contributed by atoms with E-state index in [2.05, 4.69) is 25.6 Å². The van der Waals surface area contributed by atoms with Crippen LogP contribution in [0.1, 0.15) is 21.9 Å². The number of nitrogens with zero attached hydrogens (tertiary/aromatic N) is 4. The average Bonchev–Trinajstić information content (AvgIpc) is 3.50. The number of hydrogen-bond donors (Lipinski definition) is 1. The summed E-state index contributed by atoms with van der Waals surface area (Å²) in [6.07, 6.45) is 1.54. The molecule has 1 aromatic carbocycles. The number of anilines is 1. The highest BCUT2D eigenvalue weighted by Gasteiger charge is 2.21. The minimum Gasteiger partial charge on any atom is -0.463 e. The van der Waals surface area contributed by atoms with E-state index in [-0.39, 0.29) is 11.6 Å². The lowest BCUT2D eigenvalue weighted by molar-refractivity contribution is 0.102. The van der Waals surface area contributed by atoms with Crippen molar-refractivity contribution in [3.8, 4) is 22.8 Å². The summed E-state index contributed by atoms with van der Waals surface area (Å²) < 4.78 is 15.8. The molecule has 0 fully saturated rings. The number of benzene rings is 1. The summed E-state index contributed by atoms with van der Waals surface area (Å²) >= 11 is 0. The van der Waals surface area contributed by atoms with E-state index in [1.807, 2.05) is 12.1 Å². The summed E-state index contributed by atoms with van der Waals surface area (Å²) in [6, 6.07) is 12.4. The second-order valence-corrected chi connectivity index (χ2v) is 6.62. The van der Waals surface area contributed by atoms with Crippen molar-refractivity contribution < 1.29 is 18.3 Å². The normalized spacial score (nSPS) is 11.1. The van der Waals surface area contributed by atoms with E-state index in [0.29, 0.717) is 51.1 Å². The maximum Gasteiger partial charge on any atom is 0.259 e. The van der Waals surface area contributed by atoms with Gasteiger partial charge in [-0.25, -0.2) is 4.98 Å². The summed E-state index contributed by atoms with van der Waals surface area (Å²) in [5, 5.41) is 11.4. The quantitative estimate of drug-likeness (QED) is 0.470. The Kier molecular flexibility index (Phi) is 4.13. The summed E-state index contributed by atoms with van der Waals surface area (Å²) in [5.74, 6) is 0.989. The lowest BCUT2D eigenvalue weighted by Crippen LogP contribution is -2.14. The maximum atomic E-state index is 13.3. The fraction of sp³-hybridized carbons (Fsp3) is 0.0952. The summed E-state index contributed by atoms with van der Waals surface area (Å²) in [4.78, 5) is 22.0. The Hall–Kier alpha value is -4.27. The number of aryl methyl sites for hydroxylation is 2. The molecule has 0 aliphatic heterocycles. The molecule has 0 bridgehead atoms. The number of amides is 1. The van der Waals surface area contributed by atoms with Gasteiger partial charge in [0, 0.05) is 12.5 Å². The molecule has 0 atom stereocenters. The van der Waals surface area contributed by atoms with E-state index in [1.54, 1.807) is 44.2 Å². The SMILES string of the molecule is Cc1nc(-c2ccccc2NC(=O)c2cc(-c3ccco3)nc3onc(C)c23)no1. The topological polar surface area (TPSA) is 120 Å². The monoisotopic (exact) mass is 401 g/mol. The molecule has 1 N–H and O–H groups in total. The van der Waals surface area contributed by atoms with Crippen molar-refractivity contribution in [2.24, 2.45) is 0 Å². The van der Waals surface area contributed by atoms with Gasteiger partial charge in [0.15, 0.2) is 5.76 Å². The Morgan fingerprint density at radius 3 is 2.63 bits per heavy atom. The van der Waals surface area contributed by atoms with Gasteiger partial charge in [0.2, 0.25) is 11.7 Å². The van der Waals surface area contributed by atoms with Gasteiger partial charge in [0.1, 0.15) is 5.69 Å². The molecule has 4 aromatic heterocycles. The maximum absolute atomic E-state index is 13.3. The van der Waals surface area contributed by atoms with E-state index in [9.17, 15) is 4.79 Å². The van der Waals surface area contributed by atoms with Crippen molar-refractivity contribution in [2.45, 2.75) is 13.8 Å². The molecule has 9 nitrogen and oxygen atoms in total. The van der Waals surface area contributed by atoms with E-state index >= 15 is 0 Å². The highest BCUT2D eigenvalue weighted by molar-refractivity contribution is 6.13. The molecule has 4 heterocycles. The van der Waals surface area contributed by atoms with Gasteiger partial charge in [0.25, 0.3) is 11.6 Å². The first kappa shape index (κ1) is 17.8. The number of pyridine rings is 1. The molecule has 0 radical (unpaired) electrons. The van der Waals surface area contributed by atoms with E-state index in [0.717, 1.165) is 0 Å². The van der Waals surface area contributed by atoms with Crippen LogP contribution in [-0.4, -0.2) is 26.2 Å². The number of fused-ring (bicyclic) bond motifs is 1. The molecule has 30 heavy (non-hydrogen) atoms. The van der Waals surface area contributed by atoms with Crippen LogP contribution in [0.25, 0.3) is 33.9 Å². The van der Waals surface area contributed by atoms with Gasteiger partial charge in [-0.3, -0.25) is 4.79 Å². The molecular formula is C21H15N5O4. The molecule has 1 amide bonds. The van der Waals surface area contributed by atoms with Gasteiger partial charge in [-0.15, -0.1) is 0 Å². The molecule has 0 spiro atoms. The third-order valence-corrected chi connectivity index (χ3v) is 4.58. The van der Waals surface area contributed by atoms with Gasteiger partial charge in [0.05, 0.1) is 28.6 Å². The van der Waals surface area contributed by atoms with Crippen molar-refractivity contribution in [1.29, 1.82) is 0 Å². The first-order valence-corrected chi connectivity index (χ1v) is 9.12. The summed E-state index contributed by atoms with van der Waals surface area (Å²) in [5.41, 5.74) is 2.84. The molecule has 0 saturated heterocycles. The highest BCUT2D eigenvalue weighted by atomic mass is 16.5. The van der Waals surface area contributed by atoms with Crippen LogP contribution in [0.5, 0.6) is 0 Å². The zero-order valence-electron chi connectivity index (χ0n) is 16.0. The van der Waals surface area contributed by atoms with Crippen molar-refractivity contribution in [3.05, 3.63) is 65.9 Å². The Bertz CT molecular complexity index is 1370. The van der Waals surface area contributed by atoms with Gasteiger partial charge in [-0.1, -0.05) is 22.4 Å². The molecule has 5 rings (SSSR count). The fourth-order valence-corrected chi connectivity index (χ4v) is 3.21. The molecular weight excluding hydrogens is 386 g/mol. The van der Waals surface area contributed by atoms with Gasteiger partial charge in [-0.05, 0) is 37.3 Å². The third-order valence-electron chi connectivity index (χ3n) is 4.58. The van der Waals surface area contributed by atoms with E-state index in [4.69, 9.17) is 13.5 Å². The van der Waals surface area contributed by atoms with Gasteiger partial charge >= 0.3 is 0 Å². The molecule has 0 unspecified atom stereocenters. The van der Waals surface area contributed by atoms with Crippen molar-refractivity contribution in [1.82, 2.24) is 20.3 Å². The lowest BCUT2D eigenvalue weighted by atomic mass is 10.1. The zero-order valence-corrected chi connectivity index (χ0v) is 16.0. The Balaban J connectivity index is 1.59. The van der Waals surface area contributed by atoms with Crippen LogP contribution >= 0.6 is 0 Å².